The number of rotatable bonds is 7. The van der Waals surface area contributed by atoms with E-state index in [2.05, 4.69) is 15.3 Å². The summed E-state index contributed by atoms with van der Waals surface area (Å²) in [5, 5.41) is 4.00. The van der Waals surface area contributed by atoms with Crippen molar-refractivity contribution < 1.29 is 9.53 Å². The van der Waals surface area contributed by atoms with Crippen molar-refractivity contribution in [2.75, 3.05) is 13.4 Å². The second-order valence-corrected chi connectivity index (χ2v) is 7.69. The van der Waals surface area contributed by atoms with Gasteiger partial charge in [-0.15, -0.1) is 0 Å². The van der Waals surface area contributed by atoms with Gasteiger partial charge in [-0.3, -0.25) is 9.36 Å². The van der Waals surface area contributed by atoms with Crippen LogP contribution in [0.25, 0.3) is 5.69 Å². The molecule has 0 saturated heterocycles. The van der Waals surface area contributed by atoms with Crippen LogP contribution in [0.2, 0.25) is 0 Å². The van der Waals surface area contributed by atoms with Crippen LogP contribution in [-0.2, 0) is 7.05 Å². The summed E-state index contributed by atoms with van der Waals surface area (Å²) in [5.41, 5.74) is 2.32. The van der Waals surface area contributed by atoms with Crippen molar-refractivity contribution in [1.29, 1.82) is 0 Å². The summed E-state index contributed by atoms with van der Waals surface area (Å²) in [6.07, 6.45) is 9.19. The molecule has 31 heavy (non-hydrogen) atoms. The second-order valence-electron chi connectivity index (χ2n) is 6.91. The van der Waals surface area contributed by atoms with Crippen molar-refractivity contribution >= 4 is 17.7 Å². The summed E-state index contributed by atoms with van der Waals surface area (Å²) in [5.74, 6) is 1.26. The molecule has 2 aromatic carbocycles. The van der Waals surface area contributed by atoms with Crippen LogP contribution in [0.3, 0.4) is 0 Å². The number of hydrogen-bond donors (Lipinski definition) is 1. The average Bonchev–Trinajstić information content (AvgIpc) is 3.46. The maximum absolute atomic E-state index is 13.3. The SMILES string of the molecule is COc1cccc(C(NC(=O)c2cccc(-n3ccnc3SC)c2)c2nccn2C)c1. The second kappa shape index (κ2) is 9.09. The van der Waals surface area contributed by atoms with E-state index >= 15 is 0 Å². The van der Waals surface area contributed by atoms with E-state index in [-0.39, 0.29) is 5.91 Å². The van der Waals surface area contributed by atoms with Gasteiger partial charge in [0.2, 0.25) is 0 Å². The molecule has 0 bridgehead atoms. The monoisotopic (exact) mass is 433 g/mol. The first-order chi connectivity index (χ1) is 15.1. The number of thioether (sulfide) groups is 1. The summed E-state index contributed by atoms with van der Waals surface area (Å²) in [6.45, 7) is 0. The minimum atomic E-state index is -0.429. The maximum Gasteiger partial charge on any atom is 0.252 e. The molecule has 0 aliphatic rings. The number of nitrogens with zero attached hydrogens (tertiary/aromatic N) is 4. The number of aromatic nitrogens is 4. The summed E-state index contributed by atoms with van der Waals surface area (Å²) < 4.78 is 9.23. The number of imidazole rings is 2. The quantitative estimate of drug-likeness (QED) is 0.448. The van der Waals surface area contributed by atoms with Crippen molar-refractivity contribution in [2.45, 2.75) is 11.2 Å². The molecule has 2 heterocycles. The molecule has 0 spiro atoms. The Labute approximate surface area is 185 Å². The number of nitrogens with one attached hydrogen (secondary N) is 1. The molecule has 0 aliphatic carbocycles. The minimum Gasteiger partial charge on any atom is -0.497 e. The molecule has 4 aromatic rings. The van der Waals surface area contributed by atoms with Crippen LogP contribution in [0, 0.1) is 0 Å². The predicted octanol–water partition coefficient (Wildman–Crippen LogP) is 3.86. The average molecular weight is 434 g/mol. The summed E-state index contributed by atoms with van der Waals surface area (Å²) in [7, 11) is 3.53. The van der Waals surface area contributed by atoms with Crippen LogP contribution >= 0.6 is 11.8 Å². The third-order valence-corrected chi connectivity index (χ3v) is 5.66. The molecule has 4 rings (SSSR count). The van der Waals surface area contributed by atoms with E-state index in [1.807, 2.05) is 77.3 Å². The van der Waals surface area contributed by atoms with Gasteiger partial charge in [0.15, 0.2) is 5.16 Å². The summed E-state index contributed by atoms with van der Waals surface area (Å²) in [6, 6.07) is 14.7. The van der Waals surface area contributed by atoms with E-state index in [1.54, 1.807) is 37.3 Å². The van der Waals surface area contributed by atoms with Crippen LogP contribution in [-0.4, -0.2) is 38.4 Å². The van der Waals surface area contributed by atoms with Crippen molar-refractivity contribution in [2.24, 2.45) is 7.05 Å². The molecule has 1 unspecified atom stereocenters. The number of amides is 1. The molecule has 1 atom stereocenters. The van der Waals surface area contributed by atoms with Gasteiger partial charge in [0, 0.05) is 43.1 Å². The standard InChI is InChI=1S/C23H23N5O2S/c1-27-12-10-24-21(27)20(16-6-5-9-19(15-16)30-2)26-22(29)17-7-4-8-18(14-17)28-13-11-25-23(28)31-3/h4-15,20H,1-3H3,(H,26,29). The molecule has 1 N–H and O–H groups in total. The highest BCUT2D eigenvalue weighted by atomic mass is 32.2. The van der Waals surface area contributed by atoms with Gasteiger partial charge in [-0.25, -0.2) is 9.97 Å². The highest BCUT2D eigenvalue weighted by Gasteiger charge is 2.22. The Morgan fingerprint density at radius 1 is 1.10 bits per heavy atom. The zero-order valence-corrected chi connectivity index (χ0v) is 18.3. The lowest BCUT2D eigenvalue weighted by molar-refractivity contribution is 0.0941. The lowest BCUT2D eigenvalue weighted by atomic mass is 10.0. The van der Waals surface area contributed by atoms with Crippen molar-refractivity contribution in [1.82, 2.24) is 24.4 Å². The van der Waals surface area contributed by atoms with Crippen molar-refractivity contribution in [3.63, 3.8) is 0 Å². The van der Waals surface area contributed by atoms with Crippen LogP contribution in [0.4, 0.5) is 0 Å². The zero-order chi connectivity index (χ0) is 21.8. The molecule has 2 aromatic heterocycles. The van der Waals surface area contributed by atoms with Gasteiger partial charge in [-0.05, 0) is 42.2 Å². The number of aryl methyl sites for hydroxylation is 1. The number of ether oxygens (including phenoxy) is 1. The summed E-state index contributed by atoms with van der Waals surface area (Å²) in [4.78, 5) is 22.1. The van der Waals surface area contributed by atoms with Gasteiger partial charge in [0.05, 0.1) is 7.11 Å². The fraction of sp³-hybridized carbons (Fsp3) is 0.174. The fourth-order valence-corrected chi connectivity index (χ4v) is 3.95. The van der Waals surface area contributed by atoms with E-state index < -0.39 is 6.04 Å². The maximum atomic E-state index is 13.3. The molecule has 7 nitrogen and oxygen atoms in total. The van der Waals surface area contributed by atoms with Gasteiger partial charge in [0.1, 0.15) is 17.6 Å². The van der Waals surface area contributed by atoms with E-state index in [9.17, 15) is 4.79 Å². The smallest absolute Gasteiger partial charge is 0.252 e. The van der Waals surface area contributed by atoms with Crippen LogP contribution in [0.1, 0.15) is 27.8 Å². The van der Waals surface area contributed by atoms with Crippen LogP contribution in [0.15, 0.2) is 78.5 Å². The van der Waals surface area contributed by atoms with Gasteiger partial charge in [-0.1, -0.05) is 30.0 Å². The molecule has 1 amide bonds. The largest absolute Gasteiger partial charge is 0.497 e. The number of carbonyl (C=O) groups excluding carboxylic acids is 1. The molecule has 0 aliphatic heterocycles. The zero-order valence-electron chi connectivity index (χ0n) is 17.5. The number of carbonyl (C=O) groups is 1. The number of benzene rings is 2. The number of hydrogen-bond acceptors (Lipinski definition) is 5. The molecule has 0 radical (unpaired) electrons. The van der Waals surface area contributed by atoms with Gasteiger partial charge in [-0.2, -0.15) is 0 Å². The Hall–Kier alpha value is -3.52. The third-order valence-electron chi connectivity index (χ3n) is 5.00. The Morgan fingerprint density at radius 3 is 2.65 bits per heavy atom. The Kier molecular flexibility index (Phi) is 6.08. The normalized spacial score (nSPS) is 11.8. The lowest BCUT2D eigenvalue weighted by Crippen LogP contribution is -2.31. The molecule has 8 heteroatoms. The van der Waals surface area contributed by atoms with Crippen molar-refractivity contribution in [3.8, 4) is 11.4 Å². The highest BCUT2D eigenvalue weighted by Crippen LogP contribution is 2.25. The first-order valence-electron chi connectivity index (χ1n) is 9.70. The topological polar surface area (TPSA) is 74.0 Å². The first-order valence-corrected chi connectivity index (χ1v) is 10.9. The fourth-order valence-electron chi connectivity index (χ4n) is 3.42. The van der Waals surface area contributed by atoms with Crippen LogP contribution < -0.4 is 10.1 Å². The minimum absolute atomic E-state index is 0.191. The first kappa shape index (κ1) is 20.7. The van der Waals surface area contributed by atoms with Gasteiger partial charge < -0.3 is 14.6 Å². The molecule has 0 fully saturated rings. The highest BCUT2D eigenvalue weighted by molar-refractivity contribution is 7.98. The van der Waals surface area contributed by atoms with Gasteiger partial charge >= 0.3 is 0 Å². The van der Waals surface area contributed by atoms with E-state index in [0.29, 0.717) is 5.56 Å². The van der Waals surface area contributed by atoms with Crippen LogP contribution in [0.5, 0.6) is 5.75 Å². The molecular weight excluding hydrogens is 410 g/mol. The van der Waals surface area contributed by atoms with E-state index in [4.69, 9.17) is 4.74 Å². The Balaban J connectivity index is 1.67. The van der Waals surface area contributed by atoms with E-state index in [1.165, 1.54) is 0 Å². The summed E-state index contributed by atoms with van der Waals surface area (Å²) >= 11 is 1.55. The molecular formula is C23H23N5O2S. The number of methoxy groups -OCH3 is 1. The Morgan fingerprint density at radius 2 is 1.90 bits per heavy atom. The van der Waals surface area contributed by atoms with Gasteiger partial charge in [0.25, 0.3) is 5.91 Å². The predicted molar refractivity (Wildman–Crippen MR) is 121 cm³/mol. The molecule has 158 valence electrons. The third kappa shape index (κ3) is 4.34. The Bertz CT molecular complexity index is 1200. The van der Waals surface area contributed by atoms with E-state index in [0.717, 1.165) is 28.0 Å². The lowest BCUT2D eigenvalue weighted by Gasteiger charge is -2.20. The van der Waals surface area contributed by atoms with Crippen molar-refractivity contribution in [3.05, 3.63) is 90.3 Å². The molecule has 0 saturated carbocycles.